The fourth-order valence-corrected chi connectivity index (χ4v) is 3.52. The third-order valence-electron chi connectivity index (χ3n) is 3.65. The van der Waals surface area contributed by atoms with Gasteiger partial charge >= 0.3 is 0 Å². The summed E-state index contributed by atoms with van der Waals surface area (Å²) in [4.78, 5) is 4.37. The Morgan fingerprint density at radius 3 is 2.73 bits per heavy atom. The Labute approximate surface area is 159 Å². The number of halogens is 2. The minimum atomic E-state index is -0.320. The third-order valence-corrected chi connectivity index (χ3v) is 4.95. The van der Waals surface area contributed by atoms with Crippen LogP contribution in [0.2, 0.25) is 5.02 Å². The van der Waals surface area contributed by atoms with E-state index in [2.05, 4.69) is 10.1 Å². The molecular formula is C18H16ClFN2O3S. The summed E-state index contributed by atoms with van der Waals surface area (Å²) in [5, 5.41) is 4.40. The molecule has 0 aliphatic rings. The van der Waals surface area contributed by atoms with E-state index in [0.717, 1.165) is 0 Å². The maximum atomic E-state index is 13.8. The summed E-state index contributed by atoms with van der Waals surface area (Å²) in [7, 11) is 3.15. The number of thioether (sulfide) groups is 1. The van der Waals surface area contributed by atoms with E-state index in [4.69, 9.17) is 25.6 Å². The minimum Gasteiger partial charge on any atom is -0.497 e. The first-order valence-corrected chi connectivity index (χ1v) is 9.21. The lowest BCUT2D eigenvalue weighted by molar-refractivity contribution is 0.388. The standard InChI is InChI=1S/C18H16ClFN2O3S/c1-23-11-6-7-12(16(8-11)24-2)18-21-17(25-22-18)10-26-9-13-14(19)4-3-5-15(13)20/h3-8H,9-10H2,1-2H3. The predicted molar refractivity (Wildman–Crippen MR) is 99.2 cm³/mol. The van der Waals surface area contributed by atoms with Gasteiger partial charge in [-0.1, -0.05) is 22.8 Å². The normalized spacial score (nSPS) is 10.8. The number of hydrogen-bond donors (Lipinski definition) is 0. The molecule has 0 unspecified atom stereocenters. The fourth-order valence-electron chi connectivity index (χ4n) is 2.32. The molecule has 0 bridgehead atoms. The van der Waals surface area contributed by atoms with Gasteiger partial charge in [-0.15, -0.1) is 11.8 Å². The molecule has 0 radical (unpaired) electrons. The Morgan fingerprint density at radius 1 is 1.15 bits per heavy atom. The van der Waals surface area contributed by atoms with Crippen LogP contribution in [0.25, 0.3) is 11.4 Å². The Morgan fingerprint density at radius 2 is 2.00 bits per heavy atom. The second-order valence-corrected chi connectivity index (χ2v) is 6.66. The van der Waals surface area contributed by atoms with Crippen molar-refractivity contribution in [2.75, 3.05) is 14.2 Å². The van der Waals surface area contributed by atoms with Crippen LogP contribution in [0, 0.1) is 5.82 Å². The van der Waals surface area contributed by atoms with Crippen LogP contribution in [0.3, 0.4) is 0 Å². The first kappa shape index (κ1) is 18.5. The SMILES string of the molecule is COc1ccc(-c2noc(CSCc3c(F)cccc3Cl)n2)c(OC)c1. The van der Waals surface area contributed by atoms with E-state index in [1.807, 2.05) is 0 Å². The number of benzene rings is 2. The zero-order valence-corrected chi connectivity index (χ0v) is 15.7. The molecule has 0 atom stereocenters. The molecule has 0 saturated carbocycles. The zero-order chi connectivity index (χ0) is 18.5. The molecule has 1 heterocycles. The van der Waals surface area contributed by atoms with Gasteiger partial charge in [0.1, 0.15) is 17.3 Å². The zero-order valence-electron chi connectivity index (χ0n) is 14.2. The highest BCUT2D eigenvalue weighted by Gasteiger charge is 2.15. The van der Waals surface area contributed by atoms with Crippen molar-refractivity contribution in [3.8, 4) is 22.9 Å². The van der Waals surface area contributed by atoms with Gasteiger partial charge in [-0.05, 0) is 24.3 Å². The molecule has 0 N–H and O–H groups in total. The van der Waals surface area contributed by atoms with Crippen molar-refractivity contribution in [3.05, 3.63) is 58.7 Å². The lowest BCUT2D eigenvalue weighted by Crippen LogP contribution is -1.92. The average Bonchev–Trinajstić information content (AvgIpc) is 3.12. The van der Waals surface area contributed by atoms with Gasteiger partial charge in [0.15, 0.2) is 0 Å². The van der Waals surface area contributed by atoms with Crippen LogP contribution < -0.4 is 9.47 Å². The highest BCUT2D eigenvalue weighted by molar-refractivity contribution is 7.97. The van der Waals surface area contributed by atoms with Crippen molar-refractivity contribution in [2.24, 2.45) is 0 Å². The molecule has 0 fully saturated rings. The molecule has 2 aromatic carbocycles. The number of ether oxygens (including phenoxy) is 2. The van der Waals surface area contributed by atoms with Gasteiger partial charge in [0.05, 0.1) is 25.5 Å². The maximum Gasteiger partial charge on any atom is 0.236 e. The molecule has 0 aliphatic carbocycles. The smallest absolute Gasteiger partial charge is 0.236 e. The molecule has 0 amide bonds. The highest BCUT2D eigenvalue weighted by atomic mass is 35.5. The van der Waals surface area contributed by atoms with Gasteiger partial charge in [0.2, 0.25) is 11.7 Å². The maximum absolute atomic E-state index is 13.8. The monoisotopic (exact) mass is 394 g/mol. The second-order valence-electron chi connectivity index (χ2n) is 5.27. The Bertz CT molecular complexity index is 884. The lowest BCUT2D eigenvalue weighted by atomic mass is 10.2. The van der Waals surface area contributed by atoms with Crippen molar-refractivity contribution in [1.82, 2.24) is 10.1 Å². The summed E-state index contributed by atoms with van der Waals surface area (Å²) in [6.07, 6.45) is 0. The summed E-state index contributed by atoms with van der Waals surface area (Å²) in [5.41, 5.74) is 1.17. The van der Waals surface area contributed by atoms with Gasteiger partial charge in [-0.25, -0.2) is 4.39 Å². The van der Waals surface area contributed by atoms with Gasteiger partial charge in [-0.2, -0.15) is 4.98 Å². The molecule has 0 aliphatic heterocycles. The Balaban J connectivity index is 1.69. The molecule has 5 nitrogen and oxygen atoms in total. The Hall–Kier alpha value is -2.25. The second kappa shape index (κ2) is 8.42. The van der Waals surface area contributed by atoms with Crippen LogP contribution in [-0.2, 0) is 11.5 Å². The van der Waals surface area contributed by atoms with E-state index in [0.29, 0.717) is 50.9 Å². The molecule has 26 heavy (non-hydrogen) atoms. The van der Waals surface area contributed by atoms with Crippen molar-refractivity contribution < 1.29 is 18.4 Å². The van der Waals surface area contributed by atoms with Crippen LogP contribution in [0.1, 0.15) is 11.5 Å². The van der Waals surface area contributed by atoms with E-state index in [-0.39, 0.29) is 5.82 Å². The van der Waals surface area contributed by atoms with Crippen LogP contribution in [0.15, 0.2) is 40.9 Å². The van der Waals surface area contributed by atoms with E-state index in [9.17, 15) is 4.39 Å². The first-order valence-electron chi connectivity index (χ1n) is 7.68. The van der Waals surface area contributed by atoms with Gasteiger partial charge < -0.3 is 14.0 Å². The van der Waals surface area contributed by atoms with Gasteiger partial charge in [-0.3, -0.25) is 0 Å². The minimum absolute atomic E-state index is 0.320. The molecule has 3 rings (SSSR count). The quantitative estimate of drug-likeness (QED) is 0.563. The van der Waals surface area contributed by atoms with Crippen LogP contribution >= 0.6 is 23.4 Å². The van der Waals surface area contributed by atoms with E-state index in [1.54, 1.807) is 44.6 Å². The topological polar surface area (TPSA) is 57.4 Å². The molecule has 8 heteroatoms. The number of methoxy groups -OCH3 is 2. The largest absolute Gasteiger partial charge is 0.497 e. The average molecular weight is 395 g/mol. The van der Waals surface area contributed by atoms with Crippen LogP contribution in [0.5, 0.6) is 11.5 Å². The number of rotatable bonds is 7. The van der Waals surface area contributed by atoms with Crippen LogP contribution in [0.4, 0.5) is 4.39 Å². The molecular weight excluding hydrogens is 379 g/mol. The molecule has 3 aromatic rings. The molecule has 0 saturated heterocycles. The van der Waals surface area contributed by atoms with Gasteiger partial charge in [0.25, 0.3) is 0 Å². The van der Waals surface area contributed by atoms with Gasteiger partial charge in [0, 0.05) is 22.4 Å². The summed E-state index contributed by atoms with van der Waals surface area (Å²) < 4.78 is 29.6. The van der Waals surface area contributed by atoms with Crippen molar-refractivity contribution in [2.45, 2.75) is 11.5 Å². The first-order chi connectivity index (χ1) is 12.6. The number of aromatic nitrogens is 2. The third kappa shape index (κ3) is 4.11. The number of nitrogens with zero attached hydrogens (tertiary/aromatic N) is 2. The molecule has 136 valence electrons. The highest BCUT2D eigenvalue weighted by Crippen LogP contribution is 2.32. The fraction of sp³-hybridized carbons (Fsp3) is 0.222. The summed E-state index contributed by atoms with van der Waals surface area (Å²) in [5.74, 6) is 2.65. The molecule has 1 aromatic heterocycles. The van der Waals surface area contributed by atoms with Crippen molar-refractivity contribution >= 4 is 23.4 Å². The van der Waals surface area contributed by atoms with E-state index >= 15 is 0 Å². The summed E-state index contributed by atoms with van der Waals surface area (Å²) in [6, 6.07) is 9.99. The summed E-state index contributed by atoms with van der Waals surface area (Å²) in [6.45, 7) is 0. The molecule has 0 spiro atoms. The number of hydrogen-bond acceptors (Lipinski definition) is 6. The lowest BCUT2D eigenvalue weighted by Gasteiger charge is -2.07. The van der Waals surface area contributed by atoms with Crippen LogP contribution in [-0.4, -0.2) is 24.4 Å². The van der Waals surface area contributed by atoms with Crippen molar-refractivity contribution in [3.63, 3.8) is 0 Å². The predicted octanol–water partition coefficient (Wildman–Crippen LogP) is 4.98. The summed E-state index contributed by atoms with van der Waals surface area (Å²) >= 11 is 7.47. The van der Waals surface area contributed by atoms with E-state index in [1.165, 1.54) is 17.8 Å². The van der Waals surface area contributed by atoms with E-state index < -0.39 is 0 Å². The van der Waals surface area contributed by atoms with Crippen molar-refractivity contribution in [1.29, 1.82) is 0 Å². The Kier molecular flexibility index (Phi) is 6.00.